The Balaban J connectivity index is 1.31. The maximum atomic E-state index is 14.7. The lowest BCUT2D eigenvalue weighted by molar-refractivity contribution is -0.118. The molecule has 1 atom stereocenters. The van der Waals surface area contributed by atoms with Gasteiger partial charge >= 0.3 is 0 Å². The molecule has 6 aromatic rings. The fourth-order valence-corrected chi connectivity index (χ4v) is 7.67. The molecule has 0 fully saturated rings. The number of nitrogens with zero attached hydrogens (tertiary/aromatic N) is 2. The number of benzene rings is 4. The zero-order valence-electron chi connectivity index (χ0n) is 26.8. The van der Waals surface area contributed by atoms with Crippen molar-refractivity contribution in [3.8, 4) is 17.0 Å². The van der Waals surface area contributed by atoms with Crippen LogP contribution in [0.25, 0.3) is 22.2 Å². The van der Waals surface area contributed by atoms with Gasteiger partial charge in [0.2, 0.25) is 5.91 Å². The number of nitrogens with one attached hydrogen (secondary N) is 1. The molecule has 0 radical (unpaired) electrons. The van der Waals surface area contributed by atoms with E-state index < -0.39 is 5.92 Å². The van der Waals surface area contributed by atoms with Gasteiger partial charge in [-0.05, 0) is 72.7 Å². The number of aromatic nitrogens is 2. The smallest absolute Gasteiger partial charge is 0.239 e. The monoisotopic (exact) mass is 619 g/mol. The number of H-pyrrole nitrogens is 1. The van der Waals surface area contributed by atoms with Crippen LogP contribution >= 0.6 is 0 Å². The van der Waals surface area contributed by atoms with Crippen LogP contribution in [0.1, 0.15) is 62.6 Å². The summed E-state index contributed by atoms with van der Waals surface area (Å²) in [7, 11) is 1.69. The highest BCUT2D eigenvalue weighted by Gasteiger charge is 2.44. The molecule has 2 aromatic heterocycles. The number of hydrogen-bond acceptors (Lipinski definition) is 3. The number of carbonyl (C=O) groups is 2. The van der Waals surface area contributed by atoms with Gasteiger partial charge in [0.15, 0.2) is 5.78 Å². The highest BCUT2D eigenvalue weighted by molar-refractivity contribution is 6.11. The molecular weight excluding hydrogens is 582 g/mol. The molecule has 8 rings (SSSR count). The molecule has 1 aliphatic carbocycles. The van der Waals surface area contributed by atoms with Crippen LogP contribution in [0, 0.1) is 6.92 Å². The van der Waals surface area contributed by atoms with E-state index in [-0.39, 0.29) is 11.7 Å². The average Bonchev–Trinajstić information content (AvgIpc) is 3.74. The summed E-state index contributed by atoms with van der Waals surface area (Å²) in [6.07, 6.45) is 4.95. The Bertz CT molecular complexity index is 2140. The van der Waals surface area contributed by atoms with Crippen LogP contribution in [0.15, 0.2) is 103 Å². The molecule has 1 aliphatic heterocycles. The van der Waals surface area contributed by atoms with Gasteiger partial charge in [0.05, 0.1) is 25.3 Å². The van der Waals surface area contributed by atoms with Gasteiger partial charge in [-0.2, -0.15) is 0 Å². The second kappa shape index (κ2) is 11.8. The lowest BCUT2D eigenvalue weighted by atomic mass is 9.83. The van der Waals surface area contributed by atoms with Crippen molar-refractivity contribution in [2.75, 3.05) is 12.0 Å². The quantitative estimate of drug-likeness (QED) is 0.186. The van der Waals surface area contributed by atoms with Gasteiger partial charge in [-0.3, -0.25) is 9.59 Å². The first kappa shape index (κ1) is 29.1. The molecule has 4 aromatic carbocycles. The molecule has 0 bridgehead atoms. The second-order valence-corrected chi connectivity index (χ2v) is 12.8. The molecule has 3 heterocycles. The predicted molar refractivity (Wildman–Crippen MR) is 186 cm³/mol. The Morgan fingerprint density at radius 1 is 0.894 bits per heavy atom. The topological polar surface area (TPSA) is 67.3 Å². The third-order valence-electron chi connectivity index (χ3n) is 9.93. The summed E-state index contributed by atoms with van der Waals surface area (Å²) in [6.45, 7) is 3.25. The minimum absolute atomic E-state index is 0.0189. The van der Waals surface area contributed by atoms with Gasteiger partial charge in [0.25, 0.3) is 0 Å². The number of aryl methyl sites for hydroxylation is 2. The van der Waals surface area contributed by atoms with Crippen LogP contribution in [0.2, 0.25) is 0 Å². The molecule has 234 valence electrons. The number of carbonyl (C=O) groups excluding carboxylic acids is 2. The van der Waals surface area contributed by atoms with Gasteiger partial charge in [0.1, 0.15) is 5.75 Å². The van der Waals surface area contributed by atoms with Gasteiger partial charge < -0.3 is 19.2 Å². The van der Waals surface area contributed by atoms with Crippen LogP contribution < -0.4 is 9.64 Å². The summed E-state index contributed by atoms with van der Waals surface area (Å²) in [5.41, 5.74) is 11.0. The van der Waals surface area contributed by atoms with E-state index in [9.17, 15) is 9.59 Å². The lowest BCUT2D eigenvalue weighted by Crippen LogP contribution is -2.29. The number of ether oxygens (including phenoxy) is 1. The molecule has 0 spiro atoms. The summed E-state index contributed by atoms with van der Waals surface area (Å²) >= 11 is 0. The lowest BCUT2D eigenvalue weighted by Gasteiger charge is -2.20. The Hall–Kier alpha value is -5.36. The summed E-state index contributed by atoms with van der Waals surface area (Å²) in [5.74, 6) is 0.409. The van der Waals surface area contributed by atoms with Crippen molar-refractivity contribution in [2.24, 2.45) is 0 Å². The molecule has 6 nitrogen and oxygen atoms in total. The number of rotatable bonds is 8. The first-order valence-corrected chi connectivity index (χ1v) is 16.5. The van der Waals surface area contributed by atoms with E-state index >= 15 is 0 Å². The third kappa shape index (κ3) is 4.96. The Kier molecular flexibility index (Phi) is 7.28. The van der Waals surface area contributed by atoms with Crippen LogP contribution in [0.4, 0.5) is 5.69 Å². The first-order valence-electron chi connectivity index (χ1n) is 16.5. The maximum Gasteiger partial charge on any atom is 0.239 e. The number of para-hydroxylation sites is 1. The molecule has 1 amide bonds. The van der Waals surface area contributed by atoms with Crippen LogP contribution in [-0.4, -0.2) is 28.4 Å². The maximum absolute atomic E-state index is 14.7. The summed E-state index contributed by atoms with van der Waals surface area (Å²) < 4.78 is 7.90. The number of Topliss-reactive ketones (excluding diaryl/α,β-unsaturated/α-hetero) is 1. The normalized spacial score (nSPS) is 15.7. The van der Waals surface area contributed by atoms with E-state index in [1.165, 1.54) is 11.1 Å². The van der Waals surface area contributed by atoms with Gasteiger partial charge in [0, 0.05) is 52.6 Å². The molecular formula is C41H37N3O3. The second-order valence-electron chi connectivity index (χ2n) is 12.8. The molecule has 1 unspecified atom stereocenters. The molecule has 0 saturated carbocycles. The van der Waals surface area contributed by atoms with Crippen molar-refractivity contribution in [2.45, 2.75) is 51.6 Å². The average molecular weight is 620 g/mol. The summed E-state index contributed by atoms with van der Waals surface area (Å²) in [4.78, 5) is 34.1. The Morgan fingerprint density at radius 2 is 1.68 bits per heavy atom. The summed E-state index contributed by atoms with van der Waals surface area (Å²) in [5, 5.41) is 1.13. The minimum atomic E-state index is -0.569. The van der Waals surface area contributed by atoms with E-state index in [1.807, 2.05) is 53.4 Å². The molecule has 0 saturated heterocycles. The zero-order chi connectivity index (χ0) is 32.1. The Labute approximate surface area is 274 Å². The van der Waals surface area contributed by atoms with E-state index in [2.05, 4.69) is 71.2 Å². The highest BCUT2D eigenvalue weighted by atomic mass is 16.5. The molecule has 2 aliphatic rings. The van der Waals surface area contributed by atoms with Crippen molar-refractivity contribution < 1.29 is 14.3 Å². The number of methoxy groups -OCH3 is 1. The third-order valence-corrected chi connectivity index (χ3v) is 9.93. The van der Waals surface area contributed by atoms with E-state index in [1.54, 1.807) is 7.11 Å². The van der Waals surface area contributed by atoms with Crippen molar-refractivity contribution in [3.63, 3.8) is 0 Å². The van der Waals surface area contributed by atoms with Crippen molar-refractivity contribution in [1.29, 1.82) is 0 Å². The number of hydrogen-bond donors (Lipinski definition) is 1. The fourth-order valence-electron chi connectivity index (χ4n) is 7.67. The highest BCUT2D eigenvalue weighted by Crippen LogP contribution is 2.49. The van der Waals surface area contributed by atoms with E-state index in [0.29, 0.717) is 19.5 Å². The predicted octanol–water partition coefficient (Wildman–Crippen LogP) is 8.39. The molecule has 6 heteroatoms. The number of ketones is 1. The SMILES string of the molecule is COc1ccc2[nH]cc(CCn3c4c(c(C5C(=O)N(Cc6ccccc6)c6ccccc65)c3-c3ccc(C)cc3)C(=O)CCC4)c2c1. The summed E-state index contributed by atoms with van der Waals surface area (Å²) in [6, 6.07) is 32.9. The minimum Gasteiger partial charge on any atom is -0.497 e. The first-order chi connectivity index (χ1) is 23.0. The zero-order valence-corrected chi connectivity index (χ0v) is 26.8. The van der Waals surface area contributed by atoms with Crippen LogP contribution in [0.3, 0.4) is 0 Å². The van der Waals surface area contributed by atoms with E-state index in [4.69, 9.17) is 4.74 Å². The van der Waals surface area contributed by atoms with Crippen LogP contribution in [0.5, 0.6) is 5.75 Å². The number of anilines is 1. The van der Waals surface area contributed by atoms with Crippen molar-refractivity contribution in [1.82, 2.24) is 9.55 Å². The number of amides is 1. The van der Waals surface area contributed by atoms with Crippen molar-refractivity contribution >= 4 is 28.3 Å². The standard InChI is InChI=1S/C41H37N3O3/c1-26-15-17-28(18-16-26)40-39(37-31-11-6-7-12-34(31)44(41(37)46)25-27-9-4-3-5-10-27)38-35(13-8-14-36(38)45)43(40)22-21-29-24-42-33-20-19-30(47-2)23-32(29)33/h3-7,9-12,15-20,23-24,37,42H,8,13-14,21-22,25H2,1-2H3. The van der Waals surface area contributed by atoms with Gasteiger partial charge in [-0.1, -0.05) is 78.4 Å². The number of fused-ring (bicyclic) bond motifs is 3. The van der Waals surface area contributed by atoms with E-state index in [0.717, 1.165) is 80.8 Å². The van der Waals surface area contributed by atoms with Crippen molar-refractivity contribution in [3.05, 3.63) is 142 Å². The number of aromatic amines is 1. The molecule has 1 N–H and O–H groups in total. The van der Waals surface area contributed by atoms with Crippen LogP contribution in [-0.2, 0) is 30.7 Å². The van der Waals surface area contributed by atoms with Gasteiger partial charge in [-0.15, -0.1) is 0 Å². The van der Waals surface area contributed by atoms with Gasteiger partial charge in [-0.25, -0.2) is 0 Å². The largest absolute Gasteiger partial charge is 0.497 e. The Morgan fingerprint density at radius 3 is 2.49 bits per heavy atom. The fraction of sp³-hybridized carbons (Fsp3) is 0.220. The molecule has 47 heavy (non-hydrogen) atoms.